The van der Waals surface area contributed by atoms with E-state index in [4.69, 9.17) is 0 Å². The predicted octanol–water partition coefficient (Wildman–Crippen LogP) is 4.73. The molecule has 0 bridgehead atoms. The Kier molecular flexibility index (Phi) is 3.88. The number of hydrogen-bond donors (Lipinski definition) is 1. The van der Waals surface area contributed by atoms with E-state index in [2.05, 4.69) is 79.8 Å². The molecule has 1 saturated heterocycles. The maximum absolute atomic E-state index is 3.89. The second kappa shape index (κ2) is 5.80. The number of nitrogens with one attached hydrogen (secondary N) is 1. The second-order valence-electron chi connectivity index (χ2n) is 6.13. The second-order valence-corrected chi connectivity index (χ2v) is 6.13. The van der Waals surface area contributed by atoms with Gasteiger partial charge in [-0.2, -0.15) is 0 Å². The first kappa shape index (κ1) is 13.4. The molecule has 1 aliphatic rings. The first-order chi connectivity index (χ1) is 9.75. The molecule has 2 aromatic carbocycles. The molecule has 1 nitrogen and oxygen atoms in total. The van der Waals surface area contributed by atoms with Crippen molar-refractivity contribution in [2.45, 2.75) is 32.4 Å². The molecule has 0 aromatic heterocycles. The van der Waals surface area contributed by atoms with Gasteiger partial charge in [-0.3, -0.25) is 0 Å². The summed E-state index contributed by atoms with van der Waals surface area (Å²) in [7, 11) is 0. The first-order valence-electron chi connectivity index (χ1n) is 7.61. The van der Waals surface area contributed by atoms with Gasteiger partial charge in [0.15, 0.2) is 0 Å². The van der Waals surface area contributed by atoms with Crippen molar-refractivity contribution in [2.24, 2.45) is 11.8 Å². The lowest BCUT2D eigenvalue weighted by Gasteiger charge is -2.40. The highest BCUT2D eigenvalue weighted by Gasteiger charge is 2.33. The summed E-state index contributed by atoms with van der Waals surface area (Å²) in [6.45, 7) is 4.73. The van der Waals surface area contributed by atoms with Crippen LogP contribution in [0.2, 0.25) is 0 Å². The molecule has 1 heterocycles. The Morgan fingerprint density at radius 1 is 0.700 bits per heavy atom. The Morgan fingerprint density at radius 3 is 1.50 bits per heavy atom. The van der Waals surface area contributed by atoms with Crippen LogP contribution in [-0.4, -0.2) is 0 Å². The van der Waals surface area contributed by atoms with E-state index in [-0.39, 0.29) is 0 Å². The molecule has 0 spiro atoms. The van der Waals surface area contributed by atoms with Crippen LogP contribution in [0.1, 0.15) is 43.5 Å². The summed E-state index contributed by atoms with van der Waals surface area (Å²) in [4.78, 5) is 0. The van der Waals surface area contributed by atoms with Crippen LogP contribution in [-0.2, 0) is 0 Å². The minimum atomic E-state index is 0.456. The third-order valence-electron chi connectivity index (χ3n) is 4.56. The fourth-order valence-electron chi connectivity index (χ4n) is 3.55. The van der Waals surface area contributed by atoms with Crippen LogP contribution >= 0.6 is 0 Å². The smallest absolute Gasteiger partial charge is 0.0351 e. The van der Waals surface area contributed by atoms with Gasteiger partial charge in [0.25, 0.3) is 0 Å². The Hall–Kier alpha value is -1.60. The molecule has 1 heteroatoms. The van der Waals surface area contributed by atoms with E-state index >= 15 is 0 Å². The van der Waals surface area contributed by atoms with Gasteiger partial charge in [-0.1, -0.05) is 74.5 Å². The van der Waals surface area contributed by atoms with Gasteiger partial charge in [-0.15, -0.1) is 0 Å². The van der Waals surface area contributed by atoms with Gasteiger partial charge in [-0.05, 0) is 29.4 Å². The maximum Gasteiger partial charge on any atom is 0.0351 e. The lowest BCUT2D eigenvalue weighted by molar-refractivity contribution is 0.184. The van der Waals surface area contributed by atoms with Gasteiger partial charge in [0, 0.05) is 12.1 Å². The predicted molar refractivity (Wildman–Crippen MR) is 84.4 cm³/mol. The molecular formula is C19H23N. The van der Waals surface area contributed by atoms with Crippen molar-refractivity contribution >= 4 is 0 Å². The molecule has 1 fully saturated rings. The summed E-state index contributed by atoms with van der Waals surface area (Å²) >= 11 is 0. The highest BCUT2D eigenvalue weighted by Crippen LogP contribution is 2.39. The average molecular weight is 265 g/mol. The largest absolute Gasteiger partial charge is 0.303 e. The topological polar surface area (TPSA) is 12.0 Å². The molecule has 0 amide bonds. The van der Waals surface area contributed by atoms with E-state index in [1.165, 1.54) is 17.5 Å². The molecule has 0 radical (unpaired) electrons. The van der Waals surface area contributed by atoms with Crippen LogP contribution in [0, 0.1) is 11.8 Å². The highest BCUT2D eigenvalue weighted by atomic mass is 15.0. The fraction of sp³-hybridized carbons (Fsp3) is 0.368. The SMILES string of the molecule is C[C@@H]1C[C@H](C)[C@@H](c2ccccc2)N[C@H]1c1ccccc1. The van der Waals surface area contributed by atoms with Crippen molar-refractivity contribution in [3.8, 4) is 0 Å². The van der Waals surface area contributed by atoms with Crippen molar-refractivity contribution in [1.82, 2.24) is 5.32 Å². The van der Waals surface area contributed by atoms with Gasteiger partial charge < -0.3 is 5.32 Å². The van der Waals surface area contributed by atoms with E-state index in [1.54, 1.807) is 0 Å². The maximum atomic E-state index is 3.89. The lowest BCUT2D eigenvalue weighted by atomic mass is 9.77. The summed E-state index contributed by atoms with van der Waals surface area (Å²) in [5.41, 5.74) is 2.82. The summed E-state index contributed by atoms with van der Waals surface area (Å²) in [5.74, 6) is 1.35. The Bertz CT molecular complexity index is 485. The van der Waals surface area contributed by atoms with Crippen molar-refractivity contribution in [2.75, 3.05) is 0 Å². The summed E-state index contributed by atoms with van der Waals surface area (Å²) < 4.78 is 0. The Morgan fingerprint density at radius 2 is 1.10 bits per heavy atom. The average Bonchev–Trinajstić information content (AvgIpc) is 2.49. The van der Waals surface area contributed by atoms with Crippen LogP contribution in [0.15, 0.2) is 60.7 Å². The monoisotopic (exact) mass is 265 g/mol. The Labute approximate surface area is 122 Å². The van der Waals surface area contributed by atoms with Gasteiger partial charge in [0.1, 0.15) is 0 Å². The molecular weight excluding hydrogens is 242 g/mol. The number of benzene rings is 2. The van der Waals surface area contributed by atoms with Crippen molar-refractivity contribution in [3.63, 3.8) is 0 Å². The summed E-state index contributed by atoms with van der Waals surface area (Å²) in [6, 6.07) is 22.6. The highest BCUT2D eigenvalue weighted by molar-refractivity contribution is 5.25. The van der Waals surface area contributed by atoms with E-state index in [0.717, 1.165) is 0 Å². The van der Waals surface area contributed by atoms with Crippen LogP contribution in [0.25, 0.3) is 0 Å². The zero-order valence-corrected chi connectivity index (χ0v) is 12.3. The Balaban J connectivity index is 1.87. The standard InChI is InChI=1S/C19H23N/c1-14-13-15(2)19(17-11-7-4-8-12-17)20-18(14)16-9-5-3-6-10-16/h3-12,14-15,18-20H,13H2,1-2H3/t14-,15+,18-,19+. The minimum Gasteiger partial charge on any atom is -0.303 e. The van der Waals surface area contributed by atoms with E-state index < -0.39 is 0 Å². The van der Waals surface area contributed by atoms with Crippen molar-refractivity contribution in [1.29, 1.82) is 0 Å². The number of hydrogen-bond acceptors (Lipinski definition) is 1. The summed E-state index contributed by atoms with van der Waals surface area (Å²) in [5, 5.41) is 3.89. The molecule has 104 valence electrons. The molecule has 0 unspecified atom stereocenters. The number of rotatable bonds is 2. The molecule has 4 atom stereocenters. The molecule has 2 aromatic rings. The molecule has 20 heavy (non-hydrogen) atoms. The zero-order chi connectivity index (χ0) is 13.9. The molecule has 1 aliphatic heterocycles. The normalized spacial score (nSPS) is 30.1. The summed E-state index contributed by atoms with van der Waals surface area (Å²) in [6.07, 6.45) is 1.27. The van der Waals surface area contributed by atoms with E-state index in [0.29, 0.717) is 23.9 Å². The van der Waals surface area contributed by atoms with Crippen LogP contribution < -0.4 is 5.32 Å². The van der Waals surface area contributed by atoms with E-state index in [1.807, 2.05) is 0 Å². The molecule has 1 N–H and O–H groups in total. The van der Waals surface area contributed by atoms with Crippen molar-refractivity contribution in [3.05, 3.63) is 71.8 Å². The van der Waals surface area contributed by atoms with Crippen LogP contribution in [0.4, 0.5) is 0 Å². The van der Waals surface area contributed by atoms with Crippen LogP contribution in [0.5, 0.6) is 0 Å². The molecule has 0 saturated carbocycles. The quantitative estimate of drug-likeness (QED) is 0.827. The van der Waals surface area contributed by atoms with Gasteiger partial charge in [-0.25, -0.2) is 0 Å². The minimum absolute atomic E-state index is 0.456. The van der Waals surface area contributed by atoms with Gasteiger partial charge in [0.2, 0.25) is 0 Å². The van der Waals surface area contributed by atoms with Crippen LogP contribution in [0.3, 0.4) is 0 Å². The lowest BCUT2D eigenvalue weighted by Crippen LogP contribution is -2.40. The third-order valence-corrected chi connectivity index (χ3v) is 4.56. The molecule has 0 aliphatic carbocycles. The number of piperidine rings is 1. The van der Waals surface area contributed by atoms with Gasteiger partial charge in [0.05, 0.1) is 0 Å². The third kappa shape index (κ3) is 2.64. The van der Waals surface area contributed by atoms with E-state index in [9.17, 15) is 0 Å². The first-order valence-corrected chi connectivity index (χ1v) is 7.61. The zero-order valence-electron chi connectivity index (χ0n) is 12.3. The van der Waals surface area contributed by atoms with Crippen molar-refractivity contribution < 1.29 is 0 Å². The fourth-order valence-corrected chi connectivity index (χ4v) is 3.55. The van der Waals surface area contributed by atoms with Gasteiger partial charge >= 0.3 is 0 Å². The molecule has 3 rings (SSSR count).